The molecule has 1 aliphatic heterocycles. The van der Waals surface area contributed by atoms with Gasteiger partial charge in [-0.15, -0.1) is 8.78 Å². The van der Waals surface area contributed by atoms with Crippen molar-refractivity contribution >= 4 is 5.78 Å². The summed E-state index contributed by atoms with van der Waals surface area (Å²) in [5.74, 6) is -0.654. The molecule has 0 spiro atoms. The number of hydrogen-bond donors (Lipinski definition) is 0. The second-order valence-corrected chi connectivity index (χ2v) is 7.85. The molecule has 5 rings (SSSR count). The Labute approximate surface area is 189 Å². The Hall–Kier alpha value is -3.70. The number of halogens is 5. The predicted molar refractivity (Wildman–Crippen MR) is 105 cm³/mol. The lowest BCUT2D eigenvalue weighted by molar-refractivity contribution is -0.286. The standard InChI is InChI=1S/C22H16F5N3O4/c1-11(12-5-6-16-17(9-12)34-22(26,27)33-16)32-18-10-13(7-8-28-18)30-19-14(3-2-4-15(19)31)20(29-30)21(23,24)25/h5-11H,2-4H2,1H3/t11-/m1/s1. The highest BCUT2D eigenvalue weighted by molar-refractivity contribution is 5.97. The normalized spacial score (nSPS) is 17.4. The Balaban J connectivity index is 1.44. The fraction of sp³-hybridized carbons (Fsp3) is 0.318. The zero-order valence-corrected chi connectivity index (χ0v) is 17.5. The molecule has 0 amide bonds. The summed E-state index contributed by atoms with van der Waals surface area (Å²) in [6.45, 7) is 1.63. The van der Waals surface area contributed by atoms with Gasteiger partial charge < -0.3 is 14.2 Å². The van der Waals surface area contributed by atoms with Crippen molar-refractivity contribution in [1.29, 1.82) is 0 Å². The molecular weight excluding hydrogens is 465 g/mol. The molecule has 12 heteroatoms. The number of fused-ring (bicyclic) bond motifs is 2. The smallest absolute Gasteiger partial charge is 0.470 e. The lowest BCUT2D eigenvalue weighted by Gasteiger charge is -2.16. The van der Waals surface area contributed by atoms with Crippen LogP contribution in [0.2, 0.25) is 0 Å². The van der Waals surface area contributed by atoms with Crippen LogP contribution in [-0.2, 0) is 12.6 Å². The number of nitrogens with zero attached hydrogens (tertiary/aromatic N) is 3. The first-order valence-corrected chi connectivity index (χ1v) is 10.3. The molecule has 3 heterocycles. The van der Waals surface area contributed by atoms with Gasteiger partial charge in [-0.1, -0.05) is 6.07 Å². The summed E-state index contributed by atoms with van der Waals surface area (Å²) in [7, 11) is 0. The monoisotopic (exact) mass is 481 g/mol. The van der Waals surface area contributed by atoms with Crippen LogP contribution in [0.4, 0.5) is 22.0 Å². The largest absolute Gasteiger partial charge is 0.586 e. The van der Waals surface area contributed by atoms with Gasteiger partial charge in [0.05, 0.1) is 5.69 Å². The van der Waals surface area contributed by atoms with Crippen molar-refractivity contribution in [1.82, 2.24) is 14.8 Å². The van der Waals surface area contributed by atoms with E-state index in [9.17, 15) is 26.7 Å². The lowest BCUT2D eigenvalue weighted by Crippen LogP contribution is -2.25. The molecule has 0 radical (unpaired) electrons. The molecule has 0 saturated heterocycles. The van der Waals surface area contributed by atoms with Crippen LogP contribution < -0.4 is 14.2 Å². The molecule has 2 aromatic heterocycles. The van der Waals surface area contributed by atoms with E-state index in [4.69, 9.17) is 4.74 Å². The Morgan fingerprint density at radius 1 is 1.12 bits per heavy atom. The van der Waals surface area contributed by atoms with Crippen molar-refractivity contribution in [2.75, 3.05) is 0 Å². The molecule has 1 aromatic carbocycles. The minimum absolute atomic E-state index is 0.0362. The first-order valence-electron chi connectivity index (χ1n) is 10.3. The minimum Gasteiger partial charge on any atom is -0.470 e. The number of hydrogen-bond acceptors (Lipinski definition) is 6. The van der Waals surface area contributed by atoms with E-state index in [1.54, 1.807) is 6.92 Å². The van der Waals surface area contributed by atoms with Crippen LogP contribution in [0.25, 0.3) is 5.69 Å². The van der Waals surface area contributed by atoms with Gasteiger partial charge in [0.2, 0.25) is 5.88 Å². The Morgan fingerprint density at radius 3 is 2.65 bits per heavy atom. The van der Waals surface area contributed by atoms with Crippen LogP contribution in [0.1, 0.15) is 53.2 Å². The molecule has 1 atom stereocenters. The summed E-state index contributed by atoms with van der Waals surface area (Å²) in [4.78, 5) is 16.5. The molecule has 0 bridgehead atoms. The molecule has 0 fully saturated rings. The van der Waals surface area contributed by atoms with E-state index in [0.717, 1.165) is 4.68 Å². The minimum atomic E-state index is -4.70. The third-order valence-electron chi connectivity index (χ3n) is 5.50. The lowest BCUT2D eigenvalue weighted by atomic mass is 9.94. The van der Waals surface area contributed by atoms with Crippen molar-refractivity contribution in [2.45, 2.75) is 44.8 Å². The highest BCUT2D eigenvalue weighted by atomic mass is 19.4. The molecule has 0 saturated carbocycles. The molecular formula is C22H16F5N3O4. The van der Waals surface area contributed by atoms with E-state index in [2.05, 4.69) is 19.6 Å². The second kappa shape index (κ2) is 7.67. The van der Waals surface area contributed by atoms with Crippen molar-refractivity contribution in [3.8, 4) is 23.1 Å². The quantitative estimate of drug-likeness (QED) is 0.473. The molecule has 2 aliphatic rings. The first-order chi connectivity index (χ1) is 16.0. The van der Waals surface area contributed by atoms with Crippen LogP contribution in [-0.4, -0.2) is 26.8 Å². The van der Waals surface area contributed by atoms with Gasteiger partial charge in [0.1, 0.15) is 11.8 Å². The molecule has 34 heavy (non-hydrogen) atoms. The van der Waals surface area contributed by atoms with Gasteiger partial charge in [-0.2, -0.15) is 18.3 Å². The van der Waals surface area contributed by atoms with Gasteiger partial charge in [-0.3, -0.25) is 4.79 Å². The van der Waals surface area contributed by atoms with E-state index < -0.39 is 30.1 Å². The van der Waals surface area contributed by atoms with Gasteiger partial charge in [0.15, 0.2) is 23.0 Å². The average Bonchev–Trinajstić information content (AvgIpc) is 3.30. The van der Waals surface area contributed by atoms with Gasteiger partial charge >= 0.3 is 12.5 Å². The summed E-state index contributed by atoms with van der Waals surface area (Å²) in [5, 5.41) is 3.70. The average molecular weight is 481 g/mol. The first kappa shape index (κ1) is 22.1. The van der Waals surface area contributed by atoms with Gasteiger partial charge in [0, 0.05) is 24.2 Å². The topological polar surface area (TPSA) is 75.5 Å². The van der Waals surface area contributed by atoms with E-state index in [0.29, 0.717) is 12.0 Å². The summed E-state index contributed by atoms with van der Waals surface area (Å²) in [6.07, 6.45) is -7.28. The van der Waals surface area contributed by atoms with Crippen LogP contribution in [0.5, 0.6) is 17.4 Å². The number of aromatic nitrogens is 3. The number of ketones is 1. The van der Waals surface area contributed by atoms with Crippen molar-refractivity contribution in [2.24, 2.45) is 0 Å². The molecule has 178 valence electrons. The Kier molecular flexibility index (Phi) is 4.99. The highest BCUT2D eigenvalue weighted by Gasteiger charge is 2.44. The fourth-order valence-electron chi connectivity index (χ4n) is 4.00. The van der Waals surface area contributed by atoms with Crippen LogP contribution in [0, 0.1) is 0 Å². The Morgan fingerprint density at radius 2 is 1.88 bits per heavy atom. The number of ether oxygens (including phenoxy) is 3. The van der Waals surface area contributed by atoms with Crippen LogP contribution in [0.15, 0.2) is 36.5 Å². The fourth-order valence-corrected chi connectivity index (χ4v) is 4.00. The summed E-state index contributed by atoms with van der Waals surface area (Å²) < 4.78 is 82.6. The van der Waals surface area contributed by atoms with E-state index in [1.807, 2.05) is 0 Å². The molecule has 3 aromatic rings. The number of Topliss-reactive ketones (excluding diaryl/α,β-unsaturated/α-hetero) is 1. The molecule has 7 nitrogen and oxygen atoms in total. The second-order valence-electron chi connectivity index (χ2n) is 7.85. The van der Waals surface area contributed by atoms with E-state index in [-0.39, 0.29) is 47.2 Å². The van der Waals surface area contributed by atoms with Gasteiger partial charge in [0.25, 0.3) is 0 Å². The maximum Gasteiger partial charge on any atom is 0.586 e. The zero-order valence-electron chi connectivity index (χ0n) is 17.5. The summed E-state index contributed by atoms with van der Waals surface area (Å²) in [5.41, 5.74) is -0.655. The van der Waals surface area contributed by atoms with E-state index >= 15 is 0 Å². The highest BCUT2D eigenvalue weighted by Crippen LogP contribution is 2.42. The third kappa shape index (κ3) is 3.93. The van der Waals surface area contributed by atoms with Crippen molar-refractivity contribution in [3.63, 3.8) is 0 Å². The number of carbonyl (C=O) groups is 1. The number of rotatable bonds is 4. The molecule has 0 unspecified atom stereocenters. The van der Waals surface area contributed by atoms with Crippen LogP contribution in [0.3, 0.4) is 0 Å². The third-order valence-corrected chi connectivity index (χ3v) is 5.50. The number of alkyl halides is 5. The maximum absolute atomic E-state index is 13.5. The maximum atomic E-state index is 13.5. The summed E-state index contributed by atoms with van der Waals surface area (Å²) in [6, 6.07) is 6.93. The Bertz CT molecular complexity index is 1290. The number of pyridine rings is 1. The zero-order chi connectivity index (χ0) is 24.3. The van der Waals surface area contributed by atoms with Gasteiger partial charge in [-0.05, 0) is 43.5 Å². The predicted octanol–water partition coefficient (Wildman–Crippen LogP) is 5.27. The van der Waals surface area contributed by atoms with Crippen molar-refractivity contribution in [3.05, 3.63) is 59.0 Å². The SMILES string of the molecule is C[C@@H](Oc1cc(-n2nc(C(F)(F)F)c3c2C(=O)CCC3)ccn1)c1ccc2c(c1)OC(F)(F)O2. The van der Waals surface area contributed by atoms with Gasteiger partial charge in [-0.25, -0.2) is 9.67 Å². The summed E-state index contributed by atoms with van der Waals surface area (Å²) >= 11 is 0. The van der Waals surface area contributed by atoms with Crippen LogP contribution >= 0.6 is 0 Å². The molecule has 0 N–H and O–H groups in total. The molecule has 1 aliphatic carbocycles. The van der Waals surface area contributed by atoms with E-state index in [1.165, 1.54) is 36.5 Å². The van der Waals surface area contributed by atoms with Crippen molar-refractivity contribution < 1.29 is 41.0 Å². The number of benzene rings is 1. The number of carbonyl (C=O) groups excluding carboxylic acids is 1.